The van der Waals surface area contributed by atoms with Crippen LogP contribution >= 0.6 is 0 Å². The van der Waals surface area contributed by atoms with Crippen molar-refractivity contribution in [1.82, 2.24) is 9.55 Å². The smallest absolute Gasteiger partial charge is 0.379 e. The summed E-state index contributed by atoms with van der Waals surface area (Å²) in [4.78, 5) is 20.4. The zero-order valence-corrected chi connectivity index (χ0v) is 20.7. The maximum absolute atomic E-state index is 13.4. The molecule has 0 saturated carbocycles. The molecule has 0 saturated heterocycles. The second-order valence-electron chi connectivity index (χ2n) is 9.55. The number of benzene rings is 3. The van der Waals surface area contributed by atoms with Gasteiger partial charge >= 0.3 is 6.18 Å². The van der Waals surface area contributed by atoms with E-state index < -0.39 is 18.3 Å². The van der Waals surface area contributed by atoms with Crippen LogP contribution in [0.2, 0.25) is 0 Å². The van der Waals surface area contributed by atoms with Gasteiger partial charge in [0, 0.05) is 37.0 Å². The van der Waals surface area contributed by atoms with Crippen molar-refractivity contribution in [2.75, 3.05) is 10.2 Å². The highest BCUT2D eigenvalue weighted by Crippen LogP contribution is 2.38. The highest BCUT2D eigenvalue weighted by Gasteiger charge is 2.40. The SMILES string of the molecule is Cc1cc(C(C)Nc2ccccc2C(O)C(F)(F)F)c2nc(N3Cc4ccccc4C3)n(C)c(=O)c2c1. The standard InChI is InChI=1S/C28H27F3N4O2/c1-16-12-21(17(2)32-23-11-7-6-10-20(23)25(36)28(29,30)31)24-22(13-16)26(37)34(3)27(33-24)35-14-18-8-4-5-9-19(18)15-35/h4-13,17,25,32,36H,14-15H2,1-3H3. The van der Waals surface area contributed by atoms with E-state index in [0.717, 1.165) is 5.56 Å². The van der Waals surface area contributed by atoms with Crippen molar-refractivity contribution in [1.29, 1.82) is 0 Å². The quantitative estimate of drug-likeness (QED) is 0.371. The number of halogens is 3. The fourth-order valence-electron chi connectivity index (χ4n) is 4.98. The van der Waals surface area contributed by atoms with Crippen LogP contribution < -0.4 is 15.8 Å². The van der Waals surface area contributed by atoms with Gasteiger partial charge in [-0.15, -0.1) is 0 Å². The van der Waals surface area contributed by atoms with E-state index in [0.29, 0.717) is 35.5 Å². The molecular weight excluding hydrogens is 481 g/mol. The van der Waals surface area contributed by atoms with Crippen LogP contribution in [0.15, 0.2) is 65.5 Å². The molecule has 6 nitrogen and oxygen atoms in total. The van der Waals surface area contributed by atoms with Crippen molar-refractivity contribution in [3.8, 4) is 0 Å². The van der Waals surface area contributed by atoms with Gasteiger partial charge in [-0.2, -0.15) is 13.2 Å². The fourth-order valence-corrected chi connectivity index (χ4v) is 4.98. The zero-order valence-electron chi connectivity index (χ0n) is 20.7. The minimum absolute atomic E-state index is 0.161. The first-order valence-electron chi connectivity index (χ1n) is 12.0. The van der Waals surface area contributed by atoms with Crippen molar-refractivity contribution < 1.29 is 18.3 Å². The van der Waals surface area contributed by atoms with Crippen LogP contribution in [0.5, 0.6) is 0 Å². The third-order valence-corrected chi connectivity index (χ3v) is 6.86. The number of nitrogens with zero attached hydrogens (tertiary/aromatic N) is 3. The van der Waals surface area contributed by atoms with Crippen molar-refractivity contribution >= 4 is 22.5 Å². The van der Waals surface area contributed by atoms with Gasteiger partial charge in [0.1, 0.15) is 0 Å². The summed E-state index contributed by atoms with van der Waals surface area (Å²) in [6, 6.07) is 17.0. The number of nitrogens with one attached hydrogen (secondary N) is 1. The first-order valence-corrected chi connectivity index (χ1v) is 12.0. The Morgan fingerprint density at radius 1 is 1.00 bits per heavy atom. The second-order valence-corrected chi connectivity index (χ2v) is 9.55. The molecule has 0 bridgehead atoms. The highest BCUT2D eigenvalue weighted by molar-refractivity contribution is 5.84. The molecule has 0 amide bonds. The van der Waals surface area contributed by atoms with E-state index in [1.54, 1.807) is 30.7 Å². The lowest BCUT2D eigenvalue weighted by atomic mass is 10.00. The number of aryl methyl sites for hydroxylation is 1. The summed E-state index contributed by atoms with van der Waals surface area (Å²) >= 11 is 0. The van der Waals surface area contributed by atoms with E-state index in [1.807, 2.05) is 30.0 Å². The lowest BCUT2D eigenvalue weighted by Crippen LogP contribution is -2.28. The molecule has 1 aliphatic heterocycles. The lowest BCUT2D eigenvalue weighted by Gasteiger charge is -2.24. The van der Waals surface area contributed by atoms with Crippen molar-refractivity contribution in [3.63, 3.8) is 0 Å². The number of aromatic nitrogens is 2. The molecule has 2 heterocycles. The molecule has 2 unspecified atom stereocenters. The molecule has 9 heteroatoms. The third-order valence-electron chi connectivity index (χ3n) is 6.86. The van der Waals surface area contributed by atoms with Gasteiger partial charge in [0.15, 0.2) is 6.10 Å². The second kappa shape index (κ2) is 9.23. The Morgan fingerprint density at radius 3 is 2.27 bits per heavy atom. The van der Waals surface area contributed by atoms with E-state index in [1.165, 1.54) is 29.3 Å². The first kappa shape index (κ1) is 24.8. The number of alkyl halides is 3. The summed E-state index contributed by atoms with van der Waals surface area (Å²) in [6.07, 6.45) is -7.42. The molecule has 4 aromatic rings. The molecule has 0 radical (unpaired) electrons. The maximum Gasteiger partial charge on any atom is 0.418 e. The Hall–Kier alpha value is -3.85. The number of aliphatic hydroxyl groups is 1. The number of aliphatic hydroxyl groups excluding tert-OH is 1. The molecule has 5 rings (SSSR count). The van der Waals surface area contributed by atoms with Crippen LogP contribution in [0.4, 0.5) is 24.8 Å². The van der Waals surface area contributed by atoms with Gasteiger partial charge in [0.25, 0.3) is 5.56 Å². The Kier molecular flexibility index (Phi) is 6.19. The van der Waals surface area contributed by atoms with E-state index in [9.17, 15) is 23.1 Å². The number of anilines is 2. The first-order chi connectivity index (χ1) is 17.5. The third kappa shape index (κ3) is 4.55. The van der Waals surface area contributed by atoms with Crippen LogP contribution in [-0.2, 0) is 20.1 Å². The van der Waals surface area contributed by atoms with Gasteiger partial charge in [0.2, 0.25) is 5.95 Å². The summed E-state index contributed by atoms with van der Waals surface area (Å²) in [5.41, 5.74) is 4.06. The summed E-state index contributed by atoms with van der Waals surface area (Å²) in [7, 11) is 1.70. The number of hydrogen-bond acceptors (Lipinski definition) is 5. The fraction of sp³-hybridized carbons (Fsp3) is 0.286. The summed E-state index contributed by atoms with van der Waals surface area (Å²) in [6.45, 7) is 4.91. The molecule has 1 aromatic heterocycles. The minimum atomic E-state index is -4.80. The highest BCUT2D eigenvalue weighted by atomic mass is 19.4. The number of hydrogen-bond donors (Lipinski definition) is 2. The number of fused-ring (bicyclic) bond motifs is 2. The zero-order chi connectivity index (χ0) is 26.5. The van der Waals surface area contributed by atoms with Crippen molar-refractivity contribution in [3.05, 3.63) is 98.8 Å². The average Bonchev–Trinajstić information content (AvgIpc) is 3.29. The van der Waals surface area contributed by atoms with Crippen LogP contribution in [0.3, 0.4) is 0 Å². The maximum atomic E-state index is 13.4. The molecule has 37 heavy (non-hydrogen) atoms. The van der Waals surface area contributed by atoms with Crippen molar-refractivity contribution in [2.24, 2.45) is 7.05 Å². The van der Waals surface area contributed by atoms with Crippen molar-refractivity contribution in [2.45, 2.75) is 45.3 Å². The Balaban J connectivity index is 1.57. The molecule has 192 valence electrons. The Labute approximate surface area is 212 Å². The lowest BCUT2D eigenvalue weighted by molar-refractivity contribution is -0.206. The Morgan fingerprint density at radius 2 is 1.62 bits per heavy atom. The van der Waals surface area contributed by atoms with Crippen LogP contribution in [0.25, 0.3) is 10.9 Å². The van der Waals surface area contributed by atoms with Gasteiger partial charge in [-0.3, -0.25) is 9.36 Å². The Bertz CT molecular complexity index is 1520. The van der Waals surface area contributed by atoms with E-state index in [4.69, 9.17) is 4.98 Å². The monoisotopic (exact) mass is 508 g/mol. The van der Waals surface area contributed by atoms with E-state index >= 15 is 0 Å². The predicted octanol–water partition coefficient (Wildman–Crippen LogP) is 5.53. The van der Waals surface area contributed by atoms with Crippen LogP contribution in [0.1, 0.15) is 46.9 Å². The van der Waals surface area contributed by atoms with Crippen LogP contribution in [-0.4, -0.2) is 20.8 Å². The van der Waals surface area contributed by atoms with E-state index in [-0.39, 0.29) is 16.8 Å². The van der Waals surface area contributed by atoms with Gasteiger partial charge in [-0.25, -0.2) is 4.98 Å². The largest absolute Gasteiger partial charge is 0.418 e. The number of para-hydroxylation sites is 1. The molecular formula is C28H27F3N4O2. The van der Waals surface area contributed by atoms with Gasteiger partial charge in [-0.05, 0) is 42.7 Å². The van der Waals surface area contributed by atoms with Crippen LogP contribution in [0, 0.1) is 6.92 Å². The molecule has 0 fully saturated rings. The van der Waals surface area contributed by atoms with Gasteiger partial charge in [0.05, 0.1) is 16.9 Å². The summed E-state index contributed by atoms with van der Waals surface area (Å²) in [5.74, 6) is 0.527. The molecule has 3 aromatic carbocycles. The summed E-state index contributed by atoms with van der Waals surface area (Å²) in [5, 5.41) is 13.5. The normalized spacial score (nSPS) is 15.1. The minimum Gasteiger partial charge on any atom is -0.379 e. The average molecular weight is 509 g/mol. The molecule has 2 N–H and O–H groups in total. The van der Waals surface area contributed by atoms with E-state index in [2.05, 4.69) is 17.4 Å². The molecule has 1 aliphatic rings. The molecule has 0 spiro atoms. The molecule has 2 atom stereocenters. The topological polar surface area (TPSA) is 70.4 Å². The predicted molar refractivity (Wildman–Crippen MR) is 138 cm³/mol. The number of rotatable bonds is 5. The van der Waals surface area contributed by atoms with Gasteiger partial charge in [-0.1, -0.05) is 48.5 Å². The molecule has 0 aliphatic carbocycles. The summed E-state index contributed by atoms with van der Waals surface area (Å²) < 4.78 is 41.4. The van der Waals surface area contributed by atoms with Gasteiger partial charge < -0.3 is 15.3 Å².